The van der Waals surface area contributed by atoms with Crippen molar-refractivity contribution in [3.05, 3.63) is 82.9 Å². The van der Waals surface area contributed by atoms with E-state index in [0.29, 0.717) is 16.7 Å². The van der Waals surface area contributed by atoms with Crippen LogP contribution in [0.15, 0.2) is 55.1 Å². The Labute approximate surface area is 169 Å². The molecule has 0 saturated carbocycles. The fourth-order valence-corrected chi connectivity index (χ4v) is 3.86. The summed E-state index contributed by atoms with van der Waals surface area (Å²) in [4.78, 5) is 16.4. The molecule has 0 fully saturated rings. The summed E-state index contributed by atoms with van der Waals surface area (Å²) >= 11 is 6.68. The lowest BCUT2D eigenvalue weighted by molar-refractivity contribution is 0.0133. The molecule has 146 valence electrons. The van der Waals surface area contributed by atoms with Gasteiger partial charge in [-0.25, -0.2) is 18.4 Å². The summed E-state index contributed by atoms with van der Waals surface area (Å²) < 4.78 is 29.2. The van der Waals surface area contributed by atoms with Gasteiger partial charge in [-0.15, -0.1) is 0 Å². The van der Waals surface area contributed by atoms with Crippen molar-refractivity contribution >= 4 is 28.5 Å². The first-order valence-electron chi connectivity index (χ1n) is 8.26. The zero-order valence-electron chi connectivity index (χ0n) is 14.7. The molecule has 1 unspecified atom stereocenters. The predicted octanol–water partition coefficient (Wildman–Crippen LogP) is 4.06. The van der Waals surface area contributed by atoms with Gasteiger partial charge in [-0.05, 0) is 37.3 Å². The van der Waals surface area contributed by atoms with E-state index < -0.39 is 22.5 Å². The normalized spacial score (nSPS) is 14.5. The summed E-state index contributed by atoms with van der Waals surface area (Å²) in [5.41, 5.74) is -1.59. The lowest BCUT2D eigenvalue weighted by atomic mass is 9.90. The number of nitrogens with zero attached hydrogens (tertiary/aromatic N) is 3. The molecule has 0 amide bonds. The minimum atomic E-state index is -1.85. The quantitative estimate of drug-likeness (QED) is 0.647. The Hall–Kier alpha value is -2.29. The van der Waals surface area contributed by atoms with Gasteiger partial charge >= 0.3 is 0 Å². The molecular weight excluding hydrogens is 408 g/mol. The summed E-state index contributed by atoms with van der Waals surface area (Å²) in [6.07, 6.45) is 2.64. The number of hydrogen-bond donors (Lipinski definition) is 1. The van der Waals surface area contributed by atoms with Crippen LogP contribution < -0.4 is 0 Å². The topological polar surface area (TPSA) is 68.0 Å². The van der Waals surface area contributed by atoms with Crippen LogP contribution in [0.3, 0.4) is 0 Å². The number of aromatic nitrogens is 3. The van der Waals surface area contributed by atoms with E-state index in [4.69, 9.17) is 11.6 Å². The van der Waals surface area contributed by atoms with Gasteiger partial charge in [0.1, 0.15) is 29.9 Å². The molecule has 3 rings (SSSR count). The molecule has 1 N–H and O–H groups in total. The molecule has 0 radical (unpaired) electrons. The van der Waals surface area contributed by atoms with E-state index in [0.717, 1.165) is 17.8 Å². The molecule has 3 aromatic rings. The summed E-state index contributed by atoms with van der Waals surface area (Å²) in [5.74, 6) is -1.67. The smallest absolute Gasteiger partial charge is 0.219 e. The third-order valence-electron chi connectivity index (χ3n) is 4.30. The van der Waals surface area contributed by atoms with Gasteiger partial charge in [-0.1, -0.05) is 29.4 Å². The molecular formula is C19H16ClF2N3O2S. The first kappa shape index (κ1) is 20.4. The maximum Gasteiger partial charge on any atom is 0.219 e. The number of carbonyl (C=O) groups excluding carboxylic acids is 1. The van der Waals surface area contributed by atoms with Gasteiger partial charge < -0.3 is 5.11 Å². The predicted molar refractivity (Wildman–Crippen MR) is 103 cm³/mol. The fraction of sp³-hybridized carbons (Fsp3) is 0.211. The third-order valence-corrected chi connectivity index (χ3v) is 5.75. The Morgan fingerprint density at radius 3 is 2.61 bits per heavy atom. The van der Waals surface area contributed by atoms with Crippen LogP contribution in [0.25, 0.3) is 0 Å². The first-order chi connectivity index (χ1) is 13.3. The highest BCUT2D eigenvalue weighted by Gasteiger charge is 2.40. The fourth-order valence-electron chi connectivity index (χ4n) is 2.75. The van der Waals surface area contributed by atoms with Gasteiger partial charge in [0.2, 0.25) is 5.12 Å². The van der Waals surface area contributed by atoms with Crippen molar-refractivity contribution in [3.63, 3.8) is 0 Å². The number of benzene rings is 2. The molecule has 0 spiro atoms. The highest BCUT2D eigenvalue weighted by molar-refractivity contribution is 8.14. The van der Waals surface area contributed by atoms with Gasteiger partial charge in [-0.2, -0.15) is 5.10 Å². The molecule has 2 atom stereocenters. The molecule has 0 aliphatic carbocycles. The van der Waals surface area contributed by atoms with E-state index in [-0.39, 0.29) is 17.2 Å². The summed E-state index contributed by atoms with van der Waals surface area (Å²) in [6, 6.07) is 9.23. The minimum absolute atomic E-state index is 0.131. The number of thioether (sulfide) groups is 1. The van der Waals surface area contributed by atoms with E-state index in [1.807, 2.05) is 0 Å². The average molecular weight is 424 g/mol. The first-order valence-corrected chi connectivity index (χ1v) is 9.52. The summed E-state index contributed by atoms with van der Waals surface area (Å²) in [7, 11) is 0. The Bertz CT molecular complexity index is 970. The van der Waals surface area contributed by atoms with E-state index in [9.17, 15) is 18.7 Å². The molecule has 1 aromatic heterocycles. The molecule has 2 aromatic carbocycles. The maximum absolute atomic E-state index is 14.5. The monoisotopic (exact) mass is 423 g/mol. The zero-order valence-corrected chi connectivity index (χ0v) is 16.3. The van der Waals surface area contributed by atoms with Gasteiger partial charge in [0.25, 0.3) is 0 Å². The maximum atomic E-state index is 14.5. The lowest BCUT2D eigenvalue weighted by Crippen LogP contribution is -2.41. The highest BCUT2D eigenvalue weighted by atomic mass is 35.5. The molecule has 9 heteroatoms. The van der Waals surface area contributed by atoms with E-state index in [1.165, 1.54) is 23.4 Å². The summed E-state index contributed by atoms with van der Waals surface area (Å²) in [5, 5.41) is 14.7. The Balaban J connectivity index is 1.93. The molecule has 1 heterocycles. The number of hydrogen-bond acceptors (Lipinski definition) is 5. The number of carbonyl (C=O) groups is 1. The van der Waals surface area contributed by atoms with Crippen LogP contribution in [0.2, 0.25) is 5.02 Å². The van der Waals surface area contributed by atoms with E-state index in [1.54, 1.807) is 31.2 Å². The molecule has 28 heavy (non-hydrogen) atoms. The van der Waals surface area contributed by atoms with Gasteiger partial charge in [0.05, 0.1) is 6.54 Å². The van der Waals surface area contributed by atoms with Gasteiger partial charge in [0, 0.05) is 27.5 Å². The van der Waals surface area contributed by atoms with Crippen LogP contribution in [0.1, 0.15) is 22.8 Å². The van der Waals surface area contributed by atoms with Crippen molar-refractivity contribution in [3.8, 4) is 0 Å². The number of rotatable bonds is 6. The Kier molecular flexibility index (Phi) is 6.12. The molecule has 5 nitrogen and oxygen atoms in total. The highest BCUT2D eigenvalue weighted by Crippen LogP contribution is 2.37. The molecule has 0 bridgehead atoms. The number of halogens is 3. The SMILES string of the molecule is C[C@@H](SC(=O)c1ccc(Cl)cc1)C(O)(Cn1cncn1)c1ccc(F)cc1F. The van der Waals surface area contributed by atoms with Crippen molar-refractivity contribution in [2.45, 2.75) is 24.3 Å². The van der Waals surface area contributed by atoms with Crippen LogP contribution in [0, 0.1) is 11.6 Å². The summed E-state index contributed by atoms with van der Waals surface area (Å²) in [6.45, 7) is 1.43. The van der Waals surface area contributed by atoms with E-state index >= 15 is 0 Å². The van der Waals surface area contributed by atoms with Crippen LogP contribution in [0.5, 0.6) is 0 Å². The van der Waals surface area contributed by atoms with Crippen molar-refractivity contribution in [2.75, 3.05) is 0 Å². The van der Waals surface area contributed by atoms with Crippen molar-refractivity contribution in [1.82, 2.24) is 14.8 Å². The molecule has 0 aliphatic heterocycles. The Morgan fingerprint density at radius 2 is 2.00 bits per heavy atom. The number of aliphatic hydroxyl groups is 1. The zero-order chi connectivity index (χ0) is 20.3. The molecule has 0 aliphatic rings. The second-order valence-electron chi connectivity index (χ2n) is 6.20. The van der Waals surface area contributed by atoms with Crippen LogP contribution in [-0.2, 0) is 12.1 Å². The molecule has 0 saturated heterocycles. The second-order valence-corrected chi connectivity index (χ2v) is 7.95. The minimum Gasteiger partial charge on any atom is -0.382 e. The second kappa shape index (κ2) is 8.38. The standard InChI is InChI=1S/C19H16ClF2N3O2S/c1-12(28-18(26)13-2-4-14(20)5-3-13)19(27,9-25-11-23-10-24-25)16-7-6-15(21)8-17(16)22/h2-8,10-12,27H,9H2,1H3/t12-,19?/m1/s1. The van der Waals surface area contributed by atoms with Crippen LogP contribution in [-0.4, -0.2) is 30.2 Å². The lowest BCUT2D eigenvalue weighted by Gasteiger charge is -2.34. The van der Waals surface area contributed by atoms with E-state index in [2.05, 4.69) is 10.1 Å². The largest absolute Gasteiger partial charge is 0.382 e. The van der Waals surface area contributed by atoms with Crippen LogP contribution in [0.4, 0.5) is 8.78 Å². The van der Waals surface area contributed by atoms with Crippen molar-refractivity contribution < 1.29 is 18.7 Å². The Morgan fingerprint density at radius 1 is 1.29 bits per heavy atom. The van der Waals surface area contributed by atoms with Crippen molar-refractivity contribution in [2.24, 2.45) is 0 Å². The van der Waals surface area contributed by atoms with Crippen LogP contribution >= 0.6 is 23.4 Å². The van der Waals surface area contributed by atoms with Gasteiger partial charge in [0.15, 0.2) is 0 Å². The third kappa shape index (κ3) is 4.40. The van der Waals surface area contributed by atoms with Gasteiger partial charge in [-0.3, -0.25) is 4.79 Å². The van der Waals surface area contributed by atoms with Crippen molar-refractivity contribution in [1.29, 1.82) is 0 Å². The average Bonchev–Trinajstić information content (AvgIpc) is 3.14.